The molecule has 0 saturated heterocycles. The first-order chi connectivity index (χ1) is 6.77. The minimum atomic E-state index is -0.0404. The molecule has 14 heavy (non-hydrogen) atoms. The summed E-state index contributed by atoms with van der Waals surface area (Å²) >= 11 is 1.45. The molecule has 1 aromatic carbocycles. The number of likely N-dealkylation sites (N-methyl/N-ethyl adjacent to an activating group) is 1. The number of hydrogen-bond acceptors (Lipinski definition) is 2. The Kier molecular flexibility index (Phi) is 4.26. The van der Waals surface area contributed by atoms with Gasteiger partial charge in [-0.3, -0.25) is 4.79 Å². The summed E-state index contributed by atoms with van der Waals surface area (Å²) in [5.41, 5.74) is 1.04. The Hall–Kier alpha value is -1.22. The zero-order valence-corrected chi connectivity index (χ0v) is 9.10. The van der Waals surface area contributed by atoms with Gasteiger partial charge in [0.2, 0.25) is 0 Å². The van der Waals surface area contributed by atoms with E-state index in [1.54, 1.807) is 7.05 Å². The van der Waals surface area contributed by atoms with E-state index in [2.05, 4.69) is 5.32 Å². The summed E-state index contributed by atoms with van der Waals surface area (Å²) in [6, 6.07) is 9.80. The van der Waals surface area contributed by atoms with Gasteiger partial charge in [-0.15, -0.1) is 11.8 Å². The van der Waals surface area contributed by atoms with E-state index in [1.807, 2.05) is 42.7 Å². The van der Waals surface area contributed by atoms with Crippen molar-refractivity contribution in [3.63, 3.8) is 0 Å². The third-order valence-electron chi connectivity index (χ3n) is 1.77. The minimum absolute atomic E-state index is 0.0404. The second-order valence-electron chi connectivity index (χ2n) is 2.70. The van der Waals surface area contributed by atoms with Gasteiger partial charge in [0.1, 0.15) is 0 Å². The highest BCUT2D eigenvalue weighted by atomic mass is 32.2. The normalized spacial score (nSPS) is 11.1. The lowest BCUT2D eigenvalue weighted by molar-refractivity contribution is -0.116. The number of hydrogen-bond donors (Lipinski definition) is 1. The fraction of sp³-hybridized carbons (Fsp3) is 0.182. The second kappa shape index (κ2) is 5.50. The molecule has 0 aliphatic carbocycles. The lowest BCUT2D eigenvalue weighted by Gasteiger charge is -2.01. The van der Waals surface area contributed by atoms with Gasteiger partial charge >= 0.3 is 0 Å². The Morgan fingerprint density at radius 3 is 2.50 bits per heavy atom. The molecule has 1 N–H and O–H groups in total. The zero-order valence-electron chi connectivity index (χ0n) is 8.28. The highest BCUT2D eigenvalue weighted by Gasteiger charge is 2.04. The third kappa shape index (κ3) is 2.92. The van der Waals surface area contributed by atoms with Crippen molar-refractivity contribution in [1.82, 2.24) is 5.32 Å². The van der Waals surface area contributed by atoms with Gasteiger partial charge in [-0.1, -0.05) is 30.3 Å². The summed E-state index contributed by atoms with van der Waals surface area (Å²) in [7, 11) is 1.64. The Balaban J connectivity index is 2.89. The number of benzene rings is 1. The molecule has 0 aliphatic rings. The standard InChI is InChI=1S/C11H13NOS/c1-12-11(13)10(14-2)8-9-6-4-3-5-7-9/h3-8H,1-2H3,(H,12,13)/b10-8-. The van der Waals surface area contributed by atoms with Crippen LogP contribution in [-0.4, -0.2) is 19.2 Å². The fourth-order valence-electron chi connectivity index (χ4n) is 1.04. The Morgan fingerprint density at radius 2 is 2.00 bits per heavy atom. The van der Waals surface area contributed by atoms with E-state index in [1.165, 1.54) is 11.8 Å². The highest BCUT2D eigenvalue weighted by molar-refractivity contribution is 8.03. The van der Waals surface area contributed by atoms with Crippen molar-refractivity contribution in [2.75, 3.05) is 13.3 Å². The summed E-state index contributed by atoms with van der Waals surface area (Å²) < 4.78 is 0. The first-order valence-corrected chi connectivity index (χ1v) is 5.53. The van der Waals surface area contributed by atoms with Gasteiger partial charge in [-0.2, -0.15) is 0 Å². The van der Waals surface area contributed by atoms with Gasteiger partial charge in [0, 0.05) is 7.05 Å². The largest absolute Gasteiger partial charge is 0.355 e. The van der Waals surface area contributed by atoms with Crippen LogP contribution in [0.3, 0.4) is 0 Å². The molecule has 0 radical (unpaired) electrons. The molecule has 0 fully saturated rings. The van der Waals surface area contributed by atoms with Crippen molar-refractivity contribution < 1.29 is 4.79 Å². The van der Waals surface area contributed by atoms with Crippen LogP contribution < -0.4 is 5.32 Å². The van der Waals surface area contributed by atoms with Gasteiger partial charge in [0.05, 0.1) is 4.91 Å². The van der Waals surface area contributed by atoms with Crippen LogP contribution in [-0.2, 0) is 4.79 Å². The topological polar surface area (TPSA) is 29.1 Å². The van der Waals surface area contributed by atoms with Crippen LogP contribution in [0.15, 0.2) is 35.2 Å². The molecule has 3 heteroatoms. The third-order valence-corrected chi connectivity index (χ3v) is 2.51. The van der Waals surface area contributed by atoms with E-state index in [-0.39, 0.29) is 5.91 Å². The van der Waals surface area contributed by atoms with Gasteiger partial charge in [-0.25, -0.2) is 0 Å². The van der Waals surface area contributed by atoms with Crippen molar-refractivity contribution in [3.05, 3.63) is 40.8 Å². The molecule has 1 rings (SSSR count). The van der Waals surface area contributed by atoms with E-state index < -0.39 is 0 Å². The van der Waals surface area contributed by atoms with Crippen LogP contribution in [0.4, 0.5) is 0 Å². The molecule has 0 aliphatic heterocycles. The maximum atomic E-state index is 11.3. The van der Waals surface area contributed by atoms with E-state index in [4.69, 9.17) is 0 Å². The molecule has 0 saturated carbocycles. The average molecular weight is 207 g/mol. The molecule has 0 unspecified atom stereocenters. The molecule has 0 aromatic heterocycles. The van der Waals surface area contributed by atoms with Crippen LogP contribution in [0, 0.1) is 0 Å². The molecule has 0 bridgehead atoms. The van der Waals surface area contributed by atoms with Crippen molar-refractivity contribution in [3.8, 4) is 0 Å². The molecular weight excluding hydrogens is 194 g/mol. The quantitative estimate of drug-likeness (QED) is 0.769. The number of thioether (sulfide) groups is 1. The van der Waals surface area contributed by atoms with E-state index >= 15 is 0 Å². The van der Waals surface area contributed by atoms with Gasteiger partial charge in [-0.05, 0) is 17.9 Å². The molecule has 2 nitrogen and oxygen atoms in total. The number of amides is 1. The average Bonchev–Trinajstić information content (AvgIpc) is 2.26. The highest BCUT2D eigenvalue weighted by Crippen LogP contribution is 2.16. The van der Waals surface area contributed by atoms with Crippen molar-refractivity contribution in [1.29, 1.82) is 0 Å². The second-order valence-corrected chi connectivity index (χ2v) is 3.55. The molecule has 1 amide bonds. The maximum absolute atomic E-state index is 11.3. The predicted octanol–water partition coefficient (Wildman–Crippen LogP) is 2.14. The molecular formula is C11H13NOS. The molecule has 1 aromatic rings. The first kappa shape index (κ1) is 10.9. The lowest BCUT2D eigenvalue weighted by Crippen LogP contribution is -2.18. The van der Waals surface area contributed by atoms with Crippen molar-refractivity contribution in [2.45, 2.75) is 0 Å². The van der Waals surface area contributed by atoms with Gasteiger partial charge in [0.25, 0.3) is 5.91 Å². The van der Waals surface area contributed by atoms with Crippen molar-refractivity contribution >= 4 is 23.7 Å². The number of nitrogens with one attached hydrogen (secondary N) is 1. The van der Waals surface area contributed by atoms with Crippen LogP contribution in [0.2, 0.25) is 0 Å². The van der Waals surface area contributed by atoms with E-state index in [0.717, 1.165) is 10.5 Å². The molecule has 0 heterocycles. The smallest absolute Gasteiger partial charge is 0.257 e. The summed E-state index contributed by atoms with van der Waals surface area (Å²) in [4.78, 5) is 12.1. The fourth-order valence-corrected chi connectivity index (χ4v) is 1.58. The number of rotatable bonds is 3. The molecule has 74 valence electrons. The van der Waals surface area contributed by atoms with Gasteiger partial charge in [0.15, 0.2) is 0 Å². The van der Waals surface area contributed by atoms with Crippen LogP contribution in [0.1, 0.15) is 5.56 Å². The summed E-state index contributed by atoms with van der Waals surface area (Å²) in [5, 5.41) is 2.61. The molecule has 0 atom stereocenters. The maximum Gasteiger partial charge on any atom is 0.257 e. The summed E-state index contributed by atoms with van der Waals surface area (Å²) in [5.74, 6) is -0.0404. The Morgan fingerprint density at radius 1 is 1.36 bits per heavy atom. The predicted molar refractivity (Wildman–Crippen MR) is 62.0 cm³/mol. The van der Waals surface area contributed by atoms with Crippen LogP contribution >= 0.6 is 11.8 Å². The molecule has 0 spiro atoms. The Bertz CT molecular complexity index is 332. The van der Waals surface area contributed by atoms with Crippen molar-refractivity contribution in [2.24, 2.45) is 0 Å². The number of carbonyl (C=O) groups is 1. The lowest BCUT2D eigenvalue weighted by atomic mass is 10.2. The van der Waals surface area contributed by atoms with Gasteiger partial charge < -0.3 is 5.32 Å². The zero-order chi connectivity index (χ0) is 10.4. The van der Waals surface area contributed by atoms with Crippen LogP contribution in [0.25, 0.3) is 6.08 Å². The SMILES string of the molecule is CNC(=O)/C(=C/c1ccccc1)SC. The summed E-state index contributed by atoms with van der Waals surface area (Å²) in [6.45, 7) is 0. The van der Waals surface area contributed by atoms with Crippen LogP contribution in [0.5, 0.6) is 0 Å². The minimum Gasteiger partial charge on any atom is -0.355 e. The Labute approximate surface area is 88.4 Å². The van der Waals surface area contributed by atoms with E-state index in [0.29, 0.717) is 0 Å². The monoisotopic (exact) mass is 207 g/mol. The number of carbonyl (C=O) groups excluding carboxylic acids is 1. The first-order valence-electron chi connectivity index (χ1n) is 4.30. The van der Waals surface area contributed by atoms with E-state index in [9.17, 15) is 4.79 Å². The summed E-state index contributed by atoms with van der Waals surface area (Å²) in [6.07, 6.45) is 3.77.